The van der Waals surface area contributed by atoms with Crippen LogP contribution in [0.25, 0.3) is 21.7 Å². The van der Waals surface area contributed by atoms with Gasteiger partial charge in [0.25, 0.3) is 5.88 Å². The molecule has 0 bridgehead atoms. The van der Waals surface area contributed by atoms with Gasteiger partial charge in [-0.1, -0.05) is 23.4 Å². The number of pyridine rings is 1. The third-order valence-electron chi connectivity index (χ3n) is 5.96. The molecule has 0 aliphatic heterocycles. The summed E-state index contributed by atoms with van der Waals surface area (Å²) in [6.45, 7) is 1.39. The molecule has 2 N–H and O–H groups in total. The largest absolute Gasteiger partial charge is 0.503 e. The Balaban J connectivity index is 1.29. The zero-order valence-electron chi connectivity index (χ0n) is 21.7. The van der Waals surface area contributed by atoms with E-state index in [2.05, 4.69) is 20.6 Å². The second kappa shape index (κ2) is 11.8. The maximum atomic E-state index is 12.4. The summed E-state index contributed by atoms with van der Waals surface area (Å²) in [5.41, 5.74) is 3.58. The smallest absolute Gasteiger partial charge is 0.258 e. The number of benzene rings is 2. The molecule has 5 aromatic rings. The van der Waals surface area contributed by atoms with Gasteiger partial charge in [0, 0.05) is 16.8 Å². The number of amides is 1. The molecule has 0 fully saturated rings. The Morgan fingerprint density at radius 2 is 1.85 bits per heavy atom. The van der Waals surface area contributed by atoms with Crippen molar-refractivity contribution in [2.75, 3.05) is 12.4 Å². The molecule has 0 aliphatic carbocycles. The Bertz CT molecular complexity index is 1630. The lowest BCUT2D eigenvalue weighted by Gasteiger charge is -2.13. The minimum Gasteiger partial charge on any atom is -0.503 e. The number of hydrogen-bond acceptors (Lipinski definition) is 9. The topological polar surface area (TPSA) is 128 Å². The van der Waals surface area contributed by atoms with Crippen LogP contribution < -0.4 is 14.8 Å². The molecule has 202 valence electrons. The van der Waals surface area contributed by atoms with Crippen LogP contribution >= 0.6 is 11.3 Å². The van der Waals surface area contributed by atoms with Crippen LogP contribution in [-0.4, -0.2) is 43.9 Å². The number of thiophene rings is 1. The molecule has 3 aromatic heterocycles. The standard InChI is InChI=1S/C29H25N5O5S/c1-18(35)19-5-9-21(10-6-19)30-27(36)16-34-15-22(32-33-34)17-39-29-28(37)24(20-7-11-23(38-2)12-8-20)14-25(31-29)26-4-3-13-40-26/h3-15,37H,16-17H2,1-2H3,(H,30,36). The van der Waals surface area contributed by atoms with E-state index in [9.17, 15) is 14.7 Å². The maximum Gasteiger partial charge on any atom is 0.258 e. The van der Waals surface area contributed by atoms with Crippen molar-refractivity contribution in [3.63, 3.8) is 0 Å². The number of hydrogen-bond donors (Lipinski definition) is 2. The minimum absolute atomic E-state index is 0.0232. The highest BCUT2D eigenvalue weighted by atomic mass is 32.1. The molecule has 0 atom stereocenters. The molecule has 11 heteroatoms. The van der Waals surface area contributed by atoms with Gasteiger partial charge in [-0.15, -0.1) is 16.4 Å². The van der Waals surface area contributed by atoms with E-state index in [1.54, 1.807) is 37.6 Å². The summed E-state index contributed by atoms with van der Waals surface area (Å²) >= 11 is 1.53. The Kier molecular flexibility index (Phi) is 7.83. The molecule has 0 saturated heterocycles. The van der Waals surface area contributed by atoms with Gasteiger partial charge in [0.15, 0.2) is 11.5 Å². The summed E-state index contributed by atoms with van der Waals surface area (Å²) in [4.78, 5) is 29.3. The van der Waals surface area contributed by atoms with Crippen LogP contribution in [0.15, 0.2) is 78.3 Å². The highest BCUT2D eigenvalue weighted by Gasteiger charge is 2.17. The minimum atomic E-state index is -0.306. The van der Waals surface area contributed by atoms with Crippen molar-refractivity contribution in [2.45, 2.75) is 20.1 Å². The van der Waals surface area contributed by atoms with Gasteiger partial charge in [-0.25, -0.2) is 9.67 Å². The quantitative estimate of drug-likeness (QED) is 0.225. The molecule has 0 saturated carbocycles. The first kappa shape index (κ1) is 26.6. The first-order valence-corrected chi connectivity index (χ1v) is 13.1. The van der Waals surface area contributed by atoms with Gasteiger partial charge in [-0.05, 0) is 66.4 Å². The van der Waals surface area contributed by atoms with Crippen LogP contribution in [0, 0.1) is 0 Å². The van der Waals surface area contributed by atoms with Crippen LogP contribution in [0.1, 0.15) is 23.0 Å². The van der Waals surface area contributed by atoms with Crippen molar-refractivity contribution in [1.82, 2.24) is 20.0 Å². The summed E-state index contributed by atoms with van der Waals surface area (Å²) in [6, 6.07) is 19.7. The van der Waals surface area contributed by atoms with Gasteiger partial charge in [0.2, 0.25) is 5.91 Å². The molecule has 0 radical (unpaired) electrons. The predicted octanol–water partition coefficient (Wildman–Crippen LogP) is 5.20. The molecular weight excluding hydrogens is 530 g/mol. The monoisotopic (exact) mass is 555 g/mol. The Morgan fingerprint density at radius 1 is 1.07 bits per heavy atom. The highest BCUT2D eigenvalue weighted by molar-refractivity contribution is 7.13. The van der Waals surface area contributed by atoms with E-state index in [4.69, 9.17) is 9.47 Å². The fraction of sp³-hybridized carbons (Fsp3) is 0.138. The van der Waals surface area contributed by atoms with Crippen molar-refractivity contribution >= 4 is 28.7 Å². The summed E-state index contributed by atoms with van der Waals surface area (Å²) in [6.07, 6.45) is 1.59. The zero-order chi connectivity index (χ0) is 28.1. The van der Waals surface area contributed by atoms with Crippen LogP contribution in [0.2, 0.25) is 0 Å². The second-order valence-electron chi connectivity index (χ2n) is 8.79. The lowest BCUT2D eigenvalue weighted by atomic mass is 10.0. The van der Waals surface area contributed by atoms with Gasteiger partial charge in [0.1, 0.15) is 24.6 Å². The van der Waals surface area contributed by atoms with Crippen LogP contribution in [0.4, 0.5) is 5.69 Å². The van der Waals surface area contributed by atoms with Gasteiger partial charge >= 0.3 is 0 Å². The molecule has 40 heavy (non-hydrogen) atoms. The van der Waals surface area contributed by atoms with E-state index in [1.807, 2.05) is 47.8 Å². The van der Waals surface area contributed by atoms with Crippen molar-refractivity contribution in [2.24, 2.45) is 0 Å². The van der Waals surface area contributed by atoms with Crippen molar-refractivity contribution in [3.05, 3.63) is 89.6 Å². The van der Waals surface area contributed by atoms with E-state index in [-0.39, 0.29) is 36.5 Å². The van der Waals surface area contributed by atoms with Crippen molar-refractivity contribution < 1.29 is 24.2 Å². The molecule has 3 heterocycles. The van der Waals surface area contributed by atoms with E-state index >= 15 is 0 Å². The van der Waals surface area contributed by atoms with E-state index in [1.165, 1.54) is 22.9 Å². The first-order valence-electron chi connectivity index (χ1n) is 12.2. The molecular formula is C29H25N5O5S. The predicted molar refractivity (Wildman–Crippen MR) is 151 cm³/mol. The van der Waals surface area contributed by atoms with Gasteiger partial charge in [-0.3, -0.25) is 9.59 Å². The van der Waals surface area contributed by atoms with Crippen molar-refractivity contribution in [1.29, 1.82) is 0 Å². The number of aromatic hydroxyl groups is 1. The third-order valence-corrected chi connectivity index (χ3v) is 6.85. The van der Waals surface area contributed by atoms with Gasteiger partial charge in [0.05, 0.1) is 23.9 Å². The number of nitrogens with one attached hydrogen (secondary N) is 1. The SMILES string of the molecule is COc1ccc(-c2cc(-c3cccs3)nc(OCc3cn(CC(=O)Nc4ccc(C(C)=O)cc4)nn3)c2O)cc1. The molecule has 2 aromatic carbocycles. The molecule has 1 amide bonds. The number of nitrogens with zero attached hydrogens (tertiary/aromatic N) is 4. The molecule has 0 unspecified atom stereocenters. The summed E-state index contributed by atoms with van der Waals surface area (Å²) in [5.74, 6) is 0.301. The maximum absolute atomic E-state index is 12.4. The number of anilines is 1. The normalized spacial score (nSPS) is 10.8. The number of carbonyl (C=O) groups is 2. The average Bonchev–Trinajstić information content (AvgIpc) is 3.66. The van der Waals surface area contributed by atoms with Gasteiger partial charge in [-0.2, -0.15) is 0 Å². The molecule has 0 spiro atoms. The van der Waals surface area contributed by atoms with Crippen LogP contribution in [0.3, 0.4) is 0 Å². The third kappa shape index (κ3) is 6.16. The lowest BCUT2D eigenvalue weighted by molar-refractivity contribution is -0.116. The number of Topliss-reactive ketones (excluding diaryl/α,β-unsaturated/α-hetero) is 1. The van der Waals surface area contributed by atoms with E-state index < -0.39 is 0 Å². The summed E-state index contributed by atoms with van der Waals surface area (Å²) < 4.78 is 12.5. The van der Waals surface area contributed by atoms with Crippen LogP contribution in [0.5, 0.6) is 17.4 Å². The fourth-order valence-electron chi connectivity index (χ4n) is 3.92. The Morgan fingerprint density at radius 3 is 2.52 bits per heavy atom. The number of ether oxygens (including phenoxy) is 2. The number of ketones is 1. The van der Waals surface area contributed by atoms with Crippen LogP contribution in [-0.2, 0) is 17.9 Å². The fourth-order valence-corrected chi connectivity index (χ4v) is 4.60. The summed E-state index contributed by atoms with van der Waals surface area (Å²) in [7, 11) is 1.59. The second-order valence-corrected chi connectivity index (χ2v) is 9.74. The van der Waals surface area contributed by atoms with E-state index in [0.29, 0.717) is 34.0 Å². The number of methoxy groups -OCH3 is 1. The Labute approximate surface area is 233 Å². The molecule has 0 aliphatic rings. The van der Waals surface area contributed by atoms with E-state index in [0.717, 1.165) is 10.4 Å². The number of carbonyl (C=O) groups excluding carboxylic acids is 2. The first-order chi connectivity index (χ1) is 19.4. The highest BCUT2D eigenvalue weighted by Crippen LogP contribution is 2.40. The average molecular weight is 556 g/mol. The summed E-state index contributed by atoms with van der Waals surface area (Å²) in [5, 5.41) is 23.8. The van der Waals surface area contributed by atoms with Gasteiger partial charge < -0.3 is 19.9 Å². The Hall–Kier alpha value is -5.03. The zero-order valence-corrected chi connectivity index (χ0v) is 22.5. The number of rotatable bonds is 10. The molecule has 10 nitrogen and oxygen atoms in total. The molecule has 5 rings (SSSR count). The van der Waals surface area contributed by atoms with Crippen molar-refractivity contribution in [3.8, 4) is 39.1 Å². The lowest BCUT2D eigenvalue weighted by Crippen LogP contribution is -2.19. The number of aromatic nitrogens is 4.